The second-order valence-electron chi connectivity index (χ2n) is 4.70. The monoisotopic (exact) mass is 331 g/mol. The standard InChI is InChI=1S/C15H13N3O4S/c1-9-7-13(18-22-9)17-15(20)14(19)16-8-10-4-5-11(21-10)12-3-2-6-23-12/h2-7H,8H2,1H3,(H,16,19)(H,17,18,20). The molecule has 2 N–H and O–H groups in total. The quantitative estimate of drug-likeness (QED) is 0.716. The molecule has 3 rings (SSSR count). The number of amides is 2. The zero-order valence-corrected chi connectivity index (χ0v) is 13.0. The Balaban J connectivity index is 1.53. The van der Waals surface area contributed by atoms with Gasteiger partial charge in [-0.1, -0.05) is 11.2 Å². The topological polar surface area (TPSA) is 97.4 Å². The lowest BCUT2D eigenvalue weighted by Crippen LogP contribution is -2.34. The molecule has 3 aromatic rings. The smallest absolute Gasteiger partial charge is 0.314 e. The molecule has 0 spiro atoms. The highest BCUT2D eigenvalue weighted by Crippen LogP contribution is 2.26. The molecule has 0 radical (unpaired) electrons. The lowest BCUT2D eigenvalue weighted by Gasteiger charge is -2.02. The van der Waals surface area contributed by atoms with Gasteiger partial charge in [0.25, 0.3) is 0 Å². The number of nitrogens with one attached hydrogen (secondary N) is 2. The highest BCUT2D eigenvalue weighted by molar-refractivity contribution is 7.13. The van der Waals surface area contributed by atoms with E-state index in [0.717, 1.165) is 10.6 Å². The van der Waals surface area contributed by atoms with Crippen LogP contribution in [0, 0.1) is 6.92 Å². The average molecular weight is 331 g/mol. The molecule has 0 aliphatic heterocycles. The van der Waals surface area contributed by atoms with E-state index < -0.39 is 11.8 Å². The van der Waals surface area contributed by atoms with Crippen LogP contribution >= 0.6 is 11.3 Å². The number of furan rings is 1. The van der Waals surface area contributed by atoms with Crippen molar-refractivity contribution in [3.63, 3.8) is 0 Å². The maximum Gasteiger partial charge on any atom is 0.314 e. The summed E-state index contributed by atoms with van der Waals surface area (Å²) in [6, 6.07) is 8.98. The molecule has 0 saturated carbocycles. The van der Waals surface area contributed by atoms with Gasteiger partial charge in [-0.2, -0.15) is 0 Å². The van der Waals surface area contributed by atoms with E-state index in [2.05, 4.69) is 15.8 Å². The molecule has 3 heterocycles. The fourth-order valence-electron chi connectivity index (χ4n) is 1.87. The van der Waals surface area contributed by atoms with E-state index in [-0.39, 0.29) is 12.4 Å². The maximum absolute atomic E-state index is 11.7. The first-order valence-electron chi connectivity index (χ1n) is 6.77. The van der Waals surface area contributed by atoms with Crippen LogP contribution in [0.2, 0.25) is 0 Å². The minimum atomic E-state index is -0.816. The van der Waals surface area contributed by atoms with Crippen molar-refractivity contribution in [2.45, 2.75) is 13.5 Å². The number of aryl methyl sites for hydroxylation is 1. The summed E-state index contributed by atoms with van der Waals surface area (Å²) >= 11 is 1.56. The first kappa shape index (κ1) is 15.0. The van der Waals surface area contributed by atoms with Crippen LogP contribution in [0.5, 0.6) is 0 Å². The molecule has 7 nitrogen and oxygen atoms in total. The number of rotatable bonds is 4. The Morgan fingerprint density at radius 1 is 1.26 bits per heavy atom. The Kier molecular flexibility index (Phi) is 4.24. The third-order valence-corrected chi connectivity index (χ3v) is 3.81. The van der Waals surface area contributed by atoms with Crippen molar-refractivity contribution in [3.8, 4) is 10.6 Å². The molecule has 0 bridgehead atoms. The van der Waals surface area contributed by atoms with E-state index in [1.807, 2.05) is 23.6 Å². The first-order chi connectivity index (χ1) is 11.1. The van der Waals surface area contributed by atoms with Gasteiger partial charge in [0.05, 0.1) is 11.4 Å². The van der Waals surface area contributed by atoms with Crippen molar-refractivity contribution >= 4 is 29.0 Å². The largest absolute Gasteiger partial charge is 0.458 e. The Labute approximate surface area is 135 Å². The van der Waals surface area contributed by atoms with Gasteiger partial charge in [0.2, 0.25) is 0 Å². The predicted molar refractivity (Wildman–Crippen MR) is 83.7 cm³/mol. The molecule has 0 atom stereocenters. The number of carbonyl (C=O) groups excluding carboxylic acids is 2. The number of thiophene rings is 1. The Hall–Kier alpha value is -2.87. The van der Waals surface area contributed by atoms with Gasteiger partial charge in [0.1, 0.15) is 17.3 Å². The second-order valence-corrected chi connectivity index (χ2v) is 5.65. The highest BCUT2D eigenvalue weighted by atomic mass is 32.1. The Morgan fingerprint density at radius 2 is 2.13 bits per heavy atom. The van der Waals surface area contributed by atoms with Gasteiger partial charge in [-0.05, 0) is 30.5 Å². The van der Waals surface area contributed by atoms with Gasteiger partial charge in [-0.25, -0.2) is 0 Å². The SMILES string of the molecule is Cc1cc(NC(=O)C(=O)NCc2ccc(-c3cccs3)o2)no1. The third-order valence-electron chi connectivity index (χ3n) is 2.92. The normalized spacial score (nSPS) is 10.5. The summed E-state index contributed by atoms with van der Waals surface area (Å²) < 4.78 is 10.4. The number of hydrogen-bond acceptors (Lipinski definition) is 6. The maximum atomic E-state index is 11.7. The van der Waals surface area contributed by atoms with Gasteiger partial charge in [-0.3, -0.25) is 14.9 Å². The minimum absolute atomic E-state index is 0.121. The molecule has 0 aromatic carbocycles. The van der Waals surface area contributed by atoms with Crippen LogP contribution < -0.4 is 10.6 Å². The van der Waals surface area contributed by atoms with Crippen LogP contribution in [0.15, 0.2) is 44.7 Å². The van der Waals surface area contributed by atoms with Crippen LogP contribution in [-0.2, 0) is 16.1 Å². The number of hydrogen-bond donors (Lipinski definition) is 2. The van der Waals surface area contributed by atoms with Gasteiger partial charge in [0, 0.05) is 6.07 Å². The molecular formula is C15H13N3O4S. The molecule has 0 aliphatic carbocycles. The summed E-state index contributed by atoms with van der Waals surface area (Å²) in [5.74, 6) is 0.430. The van der Waals surface area contributed by atoms with E-state index in [0.29, 0.717) is 11.5 Å². The second kappa shape index (κ2) is 6.49. The van der Waals surface area contributed by atoms with Gasteiger partial charge in [0.15, 0.2) is 5.82 Å². The summed E-state index contributed by atoms with van der Waals surface area (Å²) in [4.78, 5) is 24.4. The zero-order chi connectivity index (χ0) is 16.2. The number of nitrogens with zero attached hydrogens (tertiary/aromatic N) is 1. The fraction of sp³-hybridized carbons (Fsp3) is 0.133. The van der Waals surface area contributed by atoms with Crippen molar-refractivity contribution in [3.05, 3.63) is 47.2 Å². The van der Waals surface area contributed by atoms with Crippen molar-refractivity contribution in [1.29, 1.82) is 0 Å². The lowest BCUT2D eigenvalue weighted by molar-refractivity contribution is -0.136. The first-order valence-corrected chi connectivity index (χ1v) is 7.65. The van der Waals surface area contributed by atoms with E-state index in [1.165, 1.54) is 6.07 Å². The molecule has 8 heteroatoms. The molecule has 3 aromatic heterocycles. The molecule has 23 heavy (non-hydrogen) atoms. The summed E-state index contributed by atoms with van der Waals surface area (Å²) in [6.45, 7) is 1.81. The van der Waals surface area contributed by atoms with E-state index in [1.54, 1.807) is 24.3 Å². The Bertz CT molecular complexity index is 820. The van der Waals surface area contributed by atoms with Crippen LogP contribution in [0.25, 0.3) is 10.6 Å². The number of aromatic nitrogens is 1. The van der Waals surface area contributed by atoms with Crippen molar-refractivity contribution in [1.82, 2.24) is 10.5 Å². The van der Waals surface area contributed by atoms with E-state index in [9.17, 15) is 9.59 Å². The van der Waals surface area contributed by atoms with Gasteiger partial charge >= 0.3 is 11.8 Å². The molecule has 118 valence electrons. The minimum Gasteiger partial charge on any atom is -0.458 e. The molecule has 2 amide bonds. The molecule has 0 saturated heterocycles. The van der Waals surface area contributed by atoms with Gasteiger partial charge in [-0.15, -0.1) is 11.3 Å². The summed E-state index contributed by atoms with van der Waals surface area (Å²) in [7, 11) is 0. The molecule has 0 aliphatic rings. The van der Waals surface area contributed by atoms with Crippen molar-refractivity contribution < 1.29 is 18.5 Å². The molecular weight excluding hydrogens is 318 g/mol. The summed E-state index contributed by atoms with van der Waals surface area (Å²) in [5.41, 5.74) is 0. The van der Waals surface area contributed by atoms with Crippen molar-refractivity contribution in [2.24, 2.45) is 0 Å². The zero-order valence-electron chi connectivity index (χ0n) is 12.2. The van der Waals surface area contributed by atoms with E-state index in [4.69, 9.17) is 8.94 Å². The summed E-state index contributed by atoms with van der Waals surface area (Å²) in [5, 5.41) is 10.4. The Morgan fingerprint density at radius 3 is 2.83 bits per heavy atom. The molecule has 0 unspecified atom stereocenters. The van der Waals surface area contributed by atoms with Crippen LogP contribution in [0.3, 0.4) is 0 Å². The van der Waals surface area contributed by atoms with Gasteiger partial charge < -0.3 is 14.3 Å². The number of anilines is 1. The number of carbonyl (C=O) groups is 2. The molecule has 0 fully saturated rings. The predicted octanol–water partition coefficient (Wildman–Crippen LogP) is 2.56. The summed E-state index contributed by atoms with van der Waals surface area (Å²) in [6.07, 6.45) is 0. The van der Waals surface area contributed by atoms with E-state index >= 15 is 0 Å². The highest BCUT2D eigenvalue weighted by Gasteiger charge is 2.16. The average Bonchev–Trinajstić information content (AvgIpc) is 3.26. The van der Waals surface area contributed by atoms with Crippen LogP contribution in [-0.4, -0.2) is 17.0 Å². The van der Waals surface area contributed by atoms with Crippen molar-refractivity contribution in [2.75, 3.05) is 5.32 Å². The lowest BCUT2D eigenvalue weighted by atomic mass is 10.3. The fourth-order valence-corrected chi connectivity index (χ4v) is 2.56. The third kappa shape index (κ3) is 3.67. The van der Waals surface area contributed by atoms with Crippen LogP contribution in [0.4, 0.5) is 5.82 Å². The van der Waals surface area contributed by atoms with Crippen LogP contribution in [0.1, 0.15) is 11.5 Å².